The monoisotopic (exact) mass is 624 g/mol. The van der Waals surface area contributed by atoms with Crippen LogP contribution in [0.25, 0.3) is 44.0 Å². The first-order chi connectivity index (χ1) is 22.3. The number of anilines is 1. The number of hydrogen-bond donors (Lipinski definition) is 2. The van der Waals surface area contributed by atoms with E-state index in [-0.39, 0.29) is 58.3 Å². The highest BCUT2D eigenvalue weighted by Gasteiger charge is 2.49. The Morgan fingerprint density at radius 1 is 1.09 bits per heavy atom. The van der Waals surface area contributed by atoms with Crippen molar-refractivity contribution >= 4 is 38.5 Å². The Morgan fingerprint density at radius 2 is 1.93 bits per heavy atom. The maximum Gasteiger partial charge on any atom is 0.349 e. The van der Waals surface area contributed by atoms with E-state index in [4.69, 9.17) is 13.6 Å². The van der Waals surface area contributed by atoms with Crippen molar-refractivity contribution in [3.05, 3.63) is 88.2 Å². The van der Waals surface area contributed by atoms with Crippen molar-refractivity contribution in [3.63, 3.8) is 0 Å². The maximum atomic E-state index is 15.2. The lowest BCUT2D eigenvalue weighted by Crippen LogP contribution is -2.43. The highest BCUT2D eigenvalue weighted by atomic mass is 19.1. The van der Waals surface area contributed by atoms with Crippen molar-refractivity contribution in [2.75, 3.05) is 25.0 Å². The molecule has 0 radical (unpaired) electrons. The summed E-state index contributed by atoms with van der Waals surface area (Å²) in [5, 5.41) is 15.3. The Bertz CT molecular complexity index is 2180. The molecule has 9 nitrogen and oxygen atoms in total. The molecule has 11 heteroatoms. The van der Waals surface area contributed by atoms with Crippen LogP contribution in [0.15, 0.2) is 74.3 Å². The van der Waals surface area contributed by atoms with Gasteiger partial charge < -0.3 is 24.0 Å². The first kappa shape index (κ1) is 28.4. The van der Waals surface area contributed by atoms with Gasteiger partial charge in [-0.15, -0.1) is 0 Å². The molecule has 2 aliphatic heterocycles. The number of aromatic hydroxyl groups is 1. The van der Waals surface area contributed by atoms with E-state index in [9.17, 15) is 14.3 Å². The summed E-state index contributed by atoms with van der Waals surface area (Å²) in [5.41, 5.74) is 0.417. The number of rotatable bonds is 7. The van der Waals surface area contributed by atoms with Crippen LogP contribution in [0, 0.1) is 12.7 Å². The van der Waals surface area contributed by atoms with E-state index in [1.165, 1.54) is 18.2 Å². The molecule has 5 heterocycles. The van der Waals surface area contributed by atoms with Gasteiger partial charge in [0.1, 0.15) is 52.7 Å². The van der Waals surface area contributed by atoms with Gasteiger partial charge in [-0.25, -0.2) is 13.6 Å². The van der Waals surface area contributed by atoms with Crippen LogP contribution in [0.1, 0.15) is 30.6 Å². The van der Waals surface area contributed by atoms with E-state index in [0.717, 1.165) is 30.4 Å². The van der Waals surface area contributed by atoms with Gasteiger partial charge in [-0.05, 0) is 62.0 Å². The first-order valence-corrected chi connectivity index (χ1v) is 15.3. The third-order valence-corrected chi connectivity index (χ3v) is 9.28. The Hall–Kier alpha value is -5.03. The number of nitrogens with one attached hydrogen (secondary N) is 1. The number of alkyl halides is 1. The Labute approximate surface area is 261 Å². The van der Waals surface area contributed by atoms with E-state index in [0.29, 0.717) is 29.7 Å². The molecule has 6 aromatic rings. The molecule has 2 N–H and O–H groups in total. The predicted molar refractivity (Wildman–Crippen MR) is 169 cm³/mol. The number of benzene rings is 3. The molecule has 46 heavy (non-hydrogen) atoms. The fourth-order valence-corrected chi connectivity index (χ4v) is 7.17. The Kier molecular flexibility index (Phi) is 6.68. The van der Waals surface area contributed by atoms with Gasteiger partial charge in [0.05, 0.1) is 17.6 Å². The van der Waals surface area contributed by atoms with Crippen molar-refractivity contribution in [2.45, 2.75) is 44.4 Å². The highest BCUT2D eigenvalue weighted by Crippen LogP contribution is 2.41. The third kappa shape index (κ3) is 4.73. The minimum atomic E-state index is -0.922. The lowest BCUT2D eigenvalue weighted by molar-refractivity contribution is 0.107. The van der Waals surface area contributed by atoms with Gasteiger partial charge in [0.25, 0.3) is 0 Å². The number of phenolic OH excluding ortho intramolecular Hbond substituents is 1. The predicted octanol–water partition coefficient (Wildman–Crippen LogP) is 6.87. The fourth-order valence-electron chi connectivity index (χ4n) is 7.17. The number of para-hydroxylation sites is 1. The SMILES string of the molecule is Cc1c(-c2cc(O)cc3cccc(F)c23)oc(=O)c2c(NCc3cc4ccccc4o3)nc(OC[C@@]34CCCN3C[C@H](F)C4)nc12. The molecule has 0 amide bonds. The summed E-state index contributed by atoms with van der Waals surface area (Å²) in [7, 11) is 0. The topological polar surface area (TPSA) is 114 Å². The van der Waals surface area contributed by atoms with E-state index in [2.05, 4.69) is 20.2 Å². The number of phenols is 1. The average molecular weight is 625 g/mol. The number of furan rings is 1. The lowest BCUT2D eigenvalue weighted by atomic mass is 9.95. The number of nitrogens with zero attached hydrogens (tertiary/aromatic N) is 3. The summed E-state index contributed by atoms with van der Waals surface area (Å²) in [6.45, 7) is 3.29. The molecule has 0 spiro atoms. The van der Waals surface area contributed by atoms with Crippen molar-refractivity contribution in [1.82, 2.24) is 14.9 Å². The molecular formula is C35H30F2N4O5. The number of aromatic nitrogens is 2. The summed E-state index contributed by atoms with van der Waals surface area (Å²) >= 11 is 0. The van der Waals surface area contributed by atoms with E-state index in [1.807, 2.05) is 30.3 Å². The third-order valence-electron chi connectivity index (χ3n) is 9.28. The number of aryl methyl sites for hydroxylation is 1. The minimum Gasteiger partial charge on any atom is -0.508 e. The van der Waals surface area contributed by atoms with Crippen molar-refractivity contribution in [1.29, 1.82) is 0 Å². The summed E-state index contributed by atoms with van der Waals surface area (Å²) < 4.78 is 47.6. The molecule has 234 valence electrons. The van der Waals surface area contributed by atoms with Crippen LogP contribution in [0.4, 0.5) is 14.6 Å². The Morgan fingerprint density at radius 3 is 2.80 bits per heavy atom. The molecule has 3 aromatic carbocycles. The zero-order valence-electron chi connectivity index (χ0n) is 25.0. The quantitative estimate of drug-likeness (QED) is 0.196. The van der Waals surface area contributed by atoms with Gasteiger partial charge in [0, 0.05) is 34.9 Å². The number of halogens is 2. The largest absolute Gasteiger partial charge is 0.508 e. The summed E-state index contributed by atoms with van der Waals surface area (Å²) in [6, 6.07) is 16.9. The first-order valence-electron chi connectivity index (χ1n) is 15.3. The van der Waals surface area contributed by atoms with Crippen molar-refractivity contribution in [2.24, 2.45) is 0 Å². The van der Waals surface area contributed by atoms with Crippen molar-refractivity contribution < 1.29 is 27.5 Å². The van der Waals surface area contributed by atoms with Crippen LogP contribution in [0.2, 0.25) is 0 Å². The van der Waals surface area contributed by atoms with Gasteiger partial charge in [-0.1, -0.05) is 30.3 Å². The molecule has 2 saturated heterocycles. The molecule has 0 saturated carbocycles. The fraction of sp³-hybridized carbons (Fsp3) is 0.286. The average Bonchev–Trinajstić information content (AvgIpc) is 3.71. The Balaban J connectivity index is 1.25. The van der Waals surface area contributed by atoms with Gasteiger partial charge in [-0.2, -0.15) is 9.97 Å². The molecule has 3 aromatic heterocycles. The minimum absolute atomic E-state index is 0.00902. The van der Waals surface area contributed by atoms with Crippen LogP contribution >= 0.6 is 0 Å². The molecule has 2 atom stereocenters. The van der Waals surface area contributed by atoms with E-state index in [1.54, 1.807) is 19.1 Å². The van der Waals surface area contributed by atoms with Gasteiger partial charge in [0.2, 0.25) is 0 Å². The van der Waals surface area contributed by atoms with Gasteiger partial charge in [0.15, 0.2) is 0 Å². The van der Waals surface area contributed by atoms with Gasteiger partial charge >= 0.3 is 11.6 Å². The van der Waals surface area contributed by atoms with Crippen LogP contribution in [-0.2, 0) is 6.54 Å². The lowest BCUT2D eigenvalue weighted by Gasteiger charge is -2.30. The van der Waals surface area contributed by atoms with Crippen LogP contribution < -0.4 is 15.7 Å². The maximum absolute atomic E-state index is 15.2. The summed E-state index contributed by atoms with van der Waals surface area (Å²) in [6.07, 6.45) is 1.22. The highest BCUT2D eigenvalue weighted by molar-refractivity contribution is 6.00. The molecular weight excluding hydrogens is 594 g/mol. The van der Waals surface area contributed by atoms with Crippen molar-refractivity contribution in [3.8, 4) is 23.1 Å². The normalized spacial score (nSPS) is 19.8. The van der Waals surface area contributed by atoms with Crippen LogP contribution in [-0.4, -0.2) is 51.4 Å². The second kappa shape index (κ2) is 10.8. The second-order valence-corrected chi connectivity index (χ2v) is 12.2. The zero-order valence-corrected chi connectivity index (χ0v) is 25.0. The van der Waals surface area contributed by atoms with E-state index >= 15 is 4.39 Å². The molecule has 0 unspecified atom stereocenters. The molecule has 0 bridgehead atoms. The molecule has 2 fully saturated rings. The molecule has 8 rings (SSSR count). The standard InChI is InChI=1S/C35H30F2N4O5/c1-19-30-29(33(43)46-31(19)25-14-23(42)12-21-7-4-8-26(37)28(21)25)32(38-16-24-13-20-6-2-3-9-27(20)45-24)40-34(39-30)44-18-35-10-5-11-41(35)17-22(36)15-35/h2-4,6-9,12-14,22,42H,5,10-11,15-18H2,1H3,(H,38,39,40)/t22-,35+/m1/s1. The number of hydrogen-bond acceptors (Lipinski definition) is 9. The second-order valence-electron chi connectivity index (χ2n) is 12.2. The molecule has 2 aliphatic rings. The van der Waals surface area contributed by atoms with E-state index < -0.39 is 23.2 Å². The summed E-state index contributed by atoms with van der Waals surface area (Å²) in [4.78, 5) is 25.1. The number of ether oxygens (including phenoxy) is 1. The van der Waals surface area contributed by atoms with Crippen LogP contribution in [0.5, 0.6) is 11.8 Å². The number of fused-ring (bicyclic) bond motifs is 4. The molecule has 0 aliphatic carbocycles. The van der Waals surface area contributed by atoms with Crippen LogP contribution in [0.3, 0.4) is 0 Å². The van der Waals surface area contributed by atoms with Gasteiger partial charge in [-0.3, -0.25) is 4.90 Å². The zero-order chi connectivity index (χ0) is 31.6. The smallest absolute Gasteiger partial charge is 0.349 e. The summed E-state index contributed by atoms with van der Waals surface area (Å²) in [5.74, 6) is 0.213.